The predicted octanol–water partition coefficient (Wildman–Crippen LogP) is 2.72. The first kappa shape index (κ1) is 13.1. The largest absolute Gasteiger partial charge is 0.480 e. The molecule has 0 fully saturated rings. The van der Waals surface area contributed by atoms with Crippen molar-refractivity contribution in [1.82, 2.24) is 0 Å². The van der Waals surface area contributed by atoms with E-state index in [1.54, 1.807) is 12.1 Å². The van der Waals surface area contributed by atoms with E-state index in [0.29, 0.717) is 23.5 Å². The third-order valence-corrected chi connectivity index (χ3v) is 4.81. The summed E-state index contributed by atoms with van der Waals surface area (Å²) in [7, 11) is 0. The molecule has 1 aliphatic heterocycles. The number of benzene rings is 1. The van der Waals surface area contributed by atoms with Gasteiger partial charge in [-0.05, 0) is 31.4 Å². The third kappa shape index (κ3) is 1.71. The number of carboxylic acid groups (broad SMARTS) is 2. The molecule has 0 saturated carbocycles. The maximum absolute atomic E-state index is 11.6. The average Bonchev–Trinajstić information content (AvgIpc) is 2.43. The van der Waals surface area contributed by atoms with Crippen molar-refractivity contribution in [3.8, 4) is 5.75 Å². The highest BCUT2D eigenvalue weighted by molar-refractivity contribution is 8.03. The molecule has 0 bridgehead atoms. The van der Waals surface area contributed by atoms with Crippen LogP contribution in [-0.4, -0.2) is 22.2 Å². The molecule has 1 aromatic rings. The summed E-state index contributed by atoms with van der Waals surface area (Å²) >= 11 is 1.41. The second-order valence-electron chi connectivity index (χ2n) is 4.77. The van der Waals surface area contributed by atoms with Gasteiger partial charge in [-0.2, -0.15) is 0 Å². The number of hydrogen-bond donors (Lipinski definition) is 2. The minimum absolute atomic E-state index is 0.0548. The van der Waals surface area contributed by atoms with Gasteiger partial charge in [-0.1, -0.05) is 23.9 Å². The summed E-state index contributed by atoms with van der Waals surface area (Å²) in [4.78, 5) is 24.8. The molecule has 20 heavy (non-hydrogen) atoms. The van der Waals surface area contributed by atoms with Gasteiger partial charge in [0.05, 0.1) is 4.90 Å². The number of carbonyl (C=O) groups is 2. The van der Waals surface area contributed by atoms with Gasteiger partial charge in [-0.15, -0.1) is 0 Å². The van der Waals surface area contributed by atoms with Gasteiger partial charge in [0.1, 0.15) is 11.5 Å². The maximum atomic E-state index is 11.6. The number of ether oxygens (including phenoxy) is 1. The Hall–Kier alpha value is -1.95. The Bertz CT molecular complexity index is 620. The molecule has 1 aliphatic carbocycles. The van der Waals surface area contributed by atoms with Crippen molar-refractivity contribution in [3.05, 3.63) is 34.9 Å². The fourth-order valence-electron chi connectivity index (χ4n) is 2.58. The molecule has 0 amide bonds. The molecule has 0 unspecified atom stereocenters. The highest BCUT2D eigenvalue weighted by atomic mass is 32.2. The number of para-hydroxylation sites is 1. The lowest BCUT2D eigenvalue weighted by Crippen LogP contribution is -2.45. The van der Waals surface area contributed by atoms with Crippen LogP contribution < -0.4 is 4.74 Å². The van der Waals surface area contributed by atoms with Gasteiger partial charge in [0.2, 0.25) is 5.41 Å². The molecule has 0 atom stereocenters. The fraction of sp³-hybridized carbons (Fsp3) is 0.286. The van der Waals surface area contributed by atoms with Crippen molar-refractivity contribution in [2.75, 3.05) is 0 Å². The summed E-state index contributed by atoms with van der Waals surface area (Å²) in [5.74, 6) is -2.13. The Morgan fingerprint density at radius 3 is 2.60 bits per heavy atom. The Morgan fingerprint density at radius 1 is 1.20 bits per heavy atom. The fourth-order valence-corrected chi connectivity index (χ4v) is 3.76. The minimum atomic E-state index is -1.96. The molecule has 2 aliphatic rings. The van der Waals surface area contributed by atoms with Gasteiger partial charge in [0.15, 0.2) is 0 Å². The Labute approximate surface area is 119 Å². The number of carboxylic acids is 2. The molecule has 0 spiro atoms. The second kappa shape index (κ2) is 4.56. The lowest BCUT2D eigenvalue weighted by Gasteiger charge is -2.35. The highest BCUT2D eigenvalue weighted by Crippen LogP contribution is 2.52. The molecule has 0 saturated heterocycles. The standard InChI is InChI=1S/C14H12O5S/c15-12(16)14(13(17)18)7-3-6-10-11(14)19-8-4-1-2-5-9(8)20-10/h1-2,4-5H,3,6-7H2,(H,15,16)(H,17,18). The van der Waals surface area contributed by atoms with Crippen molar-refractivity contribution in [3.63, 3.8) is 0 Å². The second-order valence-corrected chi connectivity index (χ2v) is 5.91. The first-order valence-electron chi connectivity index (χ1n) is 6.21. The van der Waals surface area contributed by atoms with Crippen molar-refractivity contribution in [1.29, 1.82) is 0 Å². The Kier molecular flexibility index (Phi) is 2.97. The first-order chi connectivity index (χ1) is 9.55. The molecule has 1 heterocycles. The molecule has 5 nitrogen and oxygen atoms in total. The van der Waals surface area contributed by atoms with Gasteiger partial charge in [-0.25, -0.2) is 0 Å². The van der Waals surface area contributed by atoms with Crippen molar-refractivity contribution in [2.45, 2.75) is 24.2 Å². The number of allylic oxidation sites excluding steroid dienone is 1. The summed E-state index contributed by atoms with van der Waals surface area (Å²) < 4.78 is 5.67. The van der Waals surface area contributed by atoms with E-state index in [4.69, 9.17) is 4.74 Å². The van der Waals surface area contributed by atoms with Crippen LogP contribution in [0.2, 0.25) is 0 Å². The number of hydrogen-bond acceptors (Lipinski definition) is 4. The number of fused-ring (bicyclic) bond motifs is 1. The van der Waals surface area contributed by atoms with E-state index in [1.807, 2.05) is 12.1 Å². The van der Waals surface area contributed by atoms with E-state index >= 15 is 0 Å². The summed E-state index contributed by atoms with van der Waals surface area (Å²) in [6, 6.07) is 7.24. The average molecular weight is 292 g/mol. The molecule has 0 radical (unpaired) electrons. The van der Waals surface area contributed by atoms with Crippen LogP contribution in [0.4, 0.5) is 0 Å². The molecule has 2 N–H and O–H groups in total. The van der Waals surface area contributed by atoms with Crippen molar-refractivity contribution in [2.24, 2.45) is 5.41 Å². The smallest absolute Gasteiger partial charge is 0.328 e. The minimum Gasteiger partial charge on any atom is -0.480 e. The summed E-state index contributed by atoms with van der Waals surface area (Å²) in [6.07, 6.45) is 1.23. The van der Waals surface area contributed by atoms with Crippen LogP contribution in [0.3, 0.4) is 0 Å². The SMILES string of the molecule is O=C(O)C1(C(=O)O)CCCC2=C1Oc1ccccc1S2. The monoisotopic (exact) mass is 292 g/mol. The van der Waals surface area contributed by atoms with Crippen LogP contribution in [0.5, 0.6) is 5.75 Å². The van der Waals surface area contributed by atoms with Gasteiger partial charge < -0.3 is 14.9 Å². The van der Waals surface area contributed by atoms with E-state index in [1.165, 1.54) is 11.8 Å². The van der Waals surface area contributed by atoms with Crippen LogP contribution in [0.25, 0.3) is 0 Å². The van der Waals surface area contributed by atoms with Crippen LogP contribution in [0, 0.1) is 5.41 Å². The van der Waals surface area contributed by atoms with Gasteiger partial charge in [0.25, 0.3) is 0 Å². The lowest BCUT2D eigenvalue weighted by molar-refractivity contribution is -0.164. The van der Waals surface area contributed by atoms with Gasteiger partial charge in [0, 0.05) is 4.91 Å². The summed E-state index contributed by atoms with van der Waals surface area (Å²) in [6.45, 7) is 0. The number of thioether (sulfide) groups is 1. The Morgan fingerprint density at radius 2 is 1.90 bits per heavy atom. The zero-order valence-corrected chi connectivity index (χ0v) is 11.3. The molecule has 0 aromatic heterocycles. The molecule has 104 valence electrons. The quantitative estimate of drug-likeness (QED) is 0.815. The van der Waals surface area contributed by atoms with E-state index < -0.39 is 17.4 Å². The van der Waals surface area contributed by atoms with Crippen LogP contribution in [-0.2, 0) is 9.59 Å². The first-order valence-corrected chi connectivity index (χ1v) is 7.02. The number of rotatable bonds is 2. The topological polar surface area (TPSA) is 83.8 Å². The van der Waals surface area contributed by atoms with Crippen molar-refractivity contribution >= 4 is 23.7 Å². The van der Waals surface area contributed by atoms with E-state index in [2.05, 4.69) is 0 Å². The van der Waals surface area contributed by atoms with Gasteiger partial charge in [-0.3, -0.25) is 9.59 Å². The van der Waals surface area contributed by atoms with Crippen LogP contribution in [0.1, 0.15) is 19.3 Å². The third-order valence-electron chi connectivity index (χ3n) is 3.62. The van der Waals surface area contributed by atoms with E-state index in [-0.39, 0.29) is 12.2 Å². The lowest BCUT2D eigenvalue weighted by atomic mass is 9.77. The summed E-state index contributed by atoms with van der Waals surface area (Å²) in [5.41, 5.74) is -1.96. The van der Waals surface area contributed by atoms with Gasteiger partial charge >= 0.3 is 11.9 Å². The zero-order chi connectivity index (χ0) is 14.3. The Balaban J connectivity index is 2.13. The maximum Gasteiger partial charge on any atom is 0.328 e. The molecular weight excluding hydrogens is 280 g/mol. The number of aliphatic carboxylic acids is 2. The molecular formula is C14H12O5S. The molecule has 1 aromatic carbocycles. The van der Waals surface area contributed by atoms with Crippen LogP contribution >= 0.6 is 11.8 Å². The van der Waals surface area contributed by atoms with Crippen LogP contribution in [0.15, 0.2) is 39.8 Å². The normalized spacial score (nSPS) is 19.6. The zero-order valence-electron chi connectivity index (χ0n) is 10.5. The predicted molar refractivity (Wildman–Crippen MR) is 71.5 cm³/mol. The van der Waals surface area contributed by atoms with Crippen molar-refractivity contribution < 1.29 is 24.5 Å². The highest BCUT2D eigenvalue weighted by Gasteiger charge is 2.55. The molecule has 3 rings (SSSR count). The molecule has 6 heteroatoms. The summed E-state index contributed by atoms with van der Waals surface area (Å²) in [5, 5.41) is 18.9. The van der Waals surface area contributed by atoms with E-state index in [9.17, 15) is 19.8 Å². The van der Waals surface area contributed by atoms with E-state index in [0.717, 1.165) is 4.90 Å².